The molecular formula is C20H27BrClNO4. The molecule has 0 saturated heterocycles. The minimum atomic E-state index is 0. The van der Waals surface area contributed by atoms with Crippen LogP contribution in [0.2, 0.25) is 0 Å². The zero-order chi connectivity index (χ0) is 18.9. The van der Waals surface area contributed by atoms with E-state index >= 15 is 0 Å². The summed E-state index contributed by atoms with van der Waals surface area (Å²) in [6.07, 6.45) is 0.884. The fourth-order valence-corrected chi connectivity index (χ4v) is 3.19. The quantitative estimate of drug-likeness (QED) is 0.524. The highest BCUT2D eigenvalue weighted by Crippen LogP contribution is 2.35. The second-order valence-electron chi connectivity index (χ2n) is 5.65. The third-order valence-corrected chi connectivity index (χ3v) is 4.42. The molecule has 0 amide bonds. The standard InChI is InChI=1S/C20H26BrNO4.ClH/c1-5-26-20-15(11-16(21)12-19(20)25-4)13-22-9-8-14-6-7-17(23-2)18(10-14)24-3;/h6-7,10-12,22H,5,8-9,13H2,1-4H3;1H. The number of hydrogen-bond acceptors (Lipinski definition) is 5. The van der Waals surface area contributed by atoms with Gasteiger partial charge in [0, 0.05) is 16.6 Å². The van der Waals surface area contributed by atoms with Gasteiger partial charge >= 0.3 is 0 Å². The van der Waals surface area contributed by atoms with Gasteiger partial charge < -0.3 is 24.3 Å². The van der Waals surface area contributed by atoms with Gasteiger partial charge in [0.2, 0.25) is 0 Å². The van der Waals surface area contributed by atoms with Crippen LogP contribution in [-0.4, -0.2) is 34.5 Å². The van der Waals surface area contributed by atoms with Crippen molar-refractivity contribution in [1.82, 2.24) is 5.32 Å². The topological polar surface area (TPSA) is 49.0 Å². The fraction of sp³-hybridized carbons (Fsp3) is 0.400. The molecule has 0 unspecified atom stereocenters. The maximum absolute atomic E-state index is 5.77. The van der Waals surface area contributed by atoms with E-state index in [0.717, 1.165) is 46.0 Å². The average molecular weight is 461 g/mol. The Hall–Kier alpha value is -1.63. The van der Waals surface area contributed by atoms with Crippen LogP contribution < -0.4 is 24.3 Å². The summed E-state index contributed by atoms with van der Waals surface area (Å²) in [4.78, 5) is 0. The second kappa shape index (κ2) is 12.0. The molecule has 2 aromatic rings. The van der Waals surface area contributed by atoms with E-state index in [1.165, 1.54) is 5.56 Å². The van der Waals surface area contributed by atoms with Crippen molar-refractivity contribution in [1.29, 1.82) is 0 Å². The average Bonchev–Trinajstić information content (AvgIpc) is 2.66. The Bertz CT molecular complexity index is 727. The van der Waals surface area contributed by atoms with Crippen LogP contribution in [0, 0.1) is 0 Å². The normalized spacial score (nSPS) is 10.1. The molecular weight excluding hydrogens is 434 g/mol. The van der Waals surface area contributed by atoms with E-state index in [1.54, 1.807) is 21.3 Å². The molecule has 0 aliphatic rings. The Morgan fingerprint density at radius 2 is 1.63 bits per heavy atom. The van der Waals surface area contributed by atoms with Crippen LogP contribution in [0.15, 0.2) is 34.8 Å². The lowest BCUT2D eigenvalue weighted by molar-refractivity contribution is 0.306. The SMILES string of the molecule is CCOc1c(CNCCc2ccc(OC)c(OC)c2)cc(Br)cc1OC.Cl. The lowest BCUT2D eigenvalue weighted by atomic mass is 10.1. The molecule has 150 valence electrons. The highest BCUT2D eigenvalue weighted by molar-refractivity contribution is 9.10. The molecule has 0 radical (unpaired) electrons. The van der Waals surface area contributed by atoms with Gasteiger partial charge in [-0.3, -0.25) is 0 Å². The molecule has 5 nitrogen and oxygen atoms in total. The molecule has 0 atom stereocenters. The minimum absolute atomic E-state index is 0. The maximum atomic E-state index is 5.77. The first-order chi connectivity index (χ1) is 12.6. The number of nitrogens with one attached hydrogen (secondary N) is 1. The Balaban J connectivity index is 0.00000364. The van der Waals surface area contributed by atoms with Crippen LogP contribution in [-0.2, 0) is 13.0 Å². The molecule has 0 saturated carbocycles. The van der Waals surface area contributed by atoms with Crippen molar-refractivity contribution in [3.05, 3.63) is 45.9 Å². The highest BCUT2D eigenvalue weighted by atomic mass is 79.9. The Labute approximate surface area is 175 Å². The Morgan fingerprint density at radius 1 is 0.926 bits per heavy atom. The minimum Gasteiger partial charge on any atom is -0.493 e. The van der Waals surface area contributed by atoms with E-state index in [-0.39, 0.29) is 12.4 Å². The third kappa shape index (κ3) is 6.48. The van der Waals surface area contributed by atoms with Crippen molar-refractivity contribution < 1.29 is 18.9 Å². The van der Waals surface area contributed by atoms with E-state index in [2.05, 4.69) is 33.4 Å². The molecule has 0 aliphatic carbocycles. The number of benzene rings is 2. The summed E-state index contributed by atoms with van der Waals surface area (Å²) in [6.45, 7) is 4.08. The van der Waals surface area contributed by atoms with E-state index in [1.807, 2.05) is 25.1 Å². The Morgan fingerprint density at radius 3 is 2.26 bits per heavy atom. The van der Waals surface area contributed by atoms with Gasteiger partial charge in [0.15, 0.2) is 23.0 Å². The van der Waals surface area contributed by atoms with Crippen molar-refractivity contribution >= 4 is 28.3 Å². The molecule has 0 heterocycles. The van der Waals surface area contributed by atoms with Gasteiger partial charge in [-0.05, 0) is 49.7 Å². The second-order valence-corrected chi connectivity index (χ2v) is 6.56. The van der Waals surface area contributed by atoms with Crippen LogP contribution in [0.25, 0.3) is 0 Å². The summed E-state index contributed by atoms with van der Waals surface area (Å²) in [5.74, 6) is 3.02. The van der Waals surface area contributed by atoms with Crippen molar-refractivity contribution in [3.8, 4) is 23.0 Å². The van der Waals surface area contributed by atoms with Gasteiger partial charge in [-0.1, -0.05) is 22.0 Å². The van der Waals surface area contributed by atoms with Crippen LogP contribution in [0.1, 0.15) is 18.1 Å². The van der Waals surface area contributed by atoms with Crippen molar-refractivity contribution in [3.63, 3.8) is 0 Å². The lowest BCUT2D eigenvalue weighted by Gasteiger charge is -2.15. The van der Waals surface area contributed by atoms with Crippen molar-refractivity contribution in [2.75, 3.05) is 34.5 Å². The van der Waals surface area contributed by atoms with Gasteiger partial charge in [-0.25, -0.2) is 0 Å². The third-order valence-electron chi connectivity index (χ3n) is 3.96. The van der Waals surface area contributed by atoms with Gasteiger partial charge in [0.1, 0.15) is 0 Å². The number of hydrogen-bond donors (Lipinski definition) is 1. The first kappa shape index (κ1) is 23.4. The van der Waals surface area contributed by atoms with E-state index < -0.39 is 0 Å². The van der Waals surface area contributed by atoms with Crippen LogP contribution in [0.3, 0.4) is 0 Å². The summed E-state index contributed by atoms with van der Waals surface area (Å²) in [7, 11) is 4.94. The summed E-state index contributed by atoms with van der Waals surface area (Å²) in [5, 5.41) is 3.47. The molecule has 2 rings (SSSR count). The first-order valence-electron chi connectivity index (χ1n) is 8.53. The smallest absolute Gasteiger partial charge is 0.165 e. The van der Waals surface area contributed by atoms with Crippen LogP contribution in [0.4, 0.5) is 0 Å². The molecule has 27 heavy (non-hydrogen) atoms. The summed E-state index contributed by atoms with van der Waals surface area (Å²) < 4.78 is 22.8. The van der Waals surface area contributed by atoms with Gasteiger partial charge in [-0.15, -0.1) is 12.4 Å². The fourth-order valence-electron chi connectivity index (χ4n) is 2.71. The predicted molar refractivity (Wildman–Crippen MR) is 114 cm³/mol. The summed E-state index contributed by atoms with van der Waals surface area (Å²) >= 11 is 3.53. The van der Waals surface area contributed by atoms with Gasteiger partial charge in [0.25, 0.3) is 0 Å². The number of rotatable bonds is 10. The molecule has 2 aromatic carbocycles. The van der Waals surface area contributed by atoms with E-state index in [4.69, 9.17) is 18.9 Å². The van der Waals surface area contributed by atoms with Gasteiger partial charge in [0.05, 0.1) is 27.9 Å². The predicted octanol–water partition coefficient (Wildman–Crippen LogP) is 4.63. The zero-order valence-electron chi connectivity index (χ0n) is 16.1. The largest absolute Gasteiger partial charge is 0.493 e. The summed E-state index contributed by atoms with van der Waals surface area (Å²) in [5.41, 5.74) is 2.25. The number of ether oxygens (including phenoxy) is 4. The lowest BCUT2D eigenvalue weighted by Crippen LogP contribution is -2.17. The molecule has 0 fully saturated rings. The monoisotopic (exact) mass is 459 g/mol. The molecule has 1 N–H and O–H groups in total. The summed E-state index contributed by atoms with van der Waals surface area (Å²) in [6, 6.07) is 9.96. The van der Waals surface area contributed by atoms with Gasteiger partial charge in [-0.2, -0.15) is 0 Å². The van der Waals surface area contributed by atoms with Crippen molar-refractivity contribution in [2.24, 2.45) is 0 Å². The molecule has 0 aliphatic heterocycles. The highest BCUT2D eigenvalue weighted by Gasteiger charge is 2.12. The first-order valence-corrected chi connectivity index (χ1v) is 9.33. The van der Waals surface area contributed by atoms with Crippen LogP contribution in [0.5, 0.6) is 23.0 Å². The zero-order valence-corrected chi connectivity index (χ0v) is 18.5. The number of halogens is 2. The molecule has 0 aromatic heterocycles. The van der Waals surface area contributed by atoms with Crippen LogP contribution >= 0.6 is 28.3 Å². The Kier molecular flexibility index (Phi) is 10.4. The maximum Gasteiger partial charge on any atom is 0.165 e. The molecule has 0 bridgehead atoms. The van der Waals surface area contributed by atoms with Crippen molar-refractivity contribution in [2.45, 2.75) is 19.9 Å². The van der Waals surface area contributed by atoms with E-state index in [0.29, 0.717) is 13.2 Å². The molecule has 7 heteroatoms. The van der Waals surface area contributed by atoms with E-state index in [9.17, 15) is 0 Å². The molecule has 0 spiro atoms. The number of methoxy groups -OCH3 is 3.